The minimum absolute atomic E-state index is 0.152. The largest absolute Gasteiger partial charge is 0.495 e. The van der Waals surface area contributed by atoms with Crippen molar-refractivity contribution in [3.05, 3.63) is 30.5 Å². The maximum atomic E-state index is 12.5. The number of piperidine rings is 2. The van der Waals surface area contributed by atoms with Gasteiger partial charge in [-0.25, -0.2) is 0 Å². The van der Waals surface area contributed by atoms with Crippen molar-refractivity contribution in [2.24, 2.45) is 5.92 Å². The molecule has 2 saturated heterocycles. The molecule has 1 amide bonds. The highest BCUT2D eigenvalue weighted by Gasteiger charge is 2.32. The number of carbonyl (C=O) groups excluding carboxylic acids is 1. The van der Waals surface area contributed by atoms with Crippen LogP contribution in [0.5, 0.6) is 5.75 Å². The Morgan fingerprint density at radius 3 is 2.96 bits per heavy atom. The highest BCUT2D eigenvalue weighted by Crippen LogP contribution is 2.30. The lowest BCUT2D eigenvalue weighted by molar-refractivity contribution is -0.121. The average molecular weight is 370 g/mol. The van der Waals surface area contributed by atoms with E-state index in [1.54, 1.807) is 7.11 Å². The highest BCUT2D eigenvalue weighted by atomic mass is 16.5. The first kappa shape index (κ1) is 18.4. The molecule has 27 heavy (non-hydrogen) atoms. The first-order valence-corrected chi connectivity index (χ1v) is 10.4. The van der Waals surface area contributed by atoms with Crippen LogP contribution in [-0.2, 0) is 11.3 Å². The summed E-state index contributed by atoms with van der Waals surface area (Å²) in [7, 11) is 1.69. The smallest absolute Gasteiger partial charge is 0.221 e. The zero-order valence-electron chi connectivity index (χ0n) is 16.3. The van der Waals surface area contributed by atoms with Gasteiger partial charge in [0.15, 0.2) is 0 Å². The van der Waals surface area contributed by atoms with Gasteiger partial charge in [-0.05, 0) is 56.8 Å². The van der Waals surface area contributed by atoms with E-state index in [0.29, 0.717) is 24.9 Å². The Hall–Kier alpha value is -2.01. The topological polar surface area (TPSA) is 46.5 Å². The van der Waals surface area contributed by atoms with Crippen LogP contribution in [0.4, 0.5) is 0 Å². The molecule has 146 valence electrons. The Morgan fingerprint density at radius 1 is 1.19 bits per heavy atom. The number of para-hydroxylation sites is 1. The Balaban J connectivity index is 1.31. The molecule has 1 aromatic carbocycles. The van der Waals surface area contributed by atoms with E-state index in [9.17, 15) is 4.79 Å². The molecule has 2 aliphatic rings. The minimum Gasteiger partial charge on any atom is -0.495 e. The number of rotatable bonds is 6. The highest BCUT2D eigenvalue weighted by molar-refractivity contribution is 5.86. The number of nitrogens with zero attached hydrogens (tertiary/aromatic N) is 2. The summed E-state index contributed by atoms with van der Waals surface area (Å²) in [5.41, 5.74) is 1.07. The summed E-state index contributed by atoms with van der Waals surface area (Å²) in [6.45, 7) is 4.00. The zero-order valence-corrected chi connectivity index (χ0v) is 16.3. The van der Waals surface area contributed by atoms with Gasteiger partial charge in [-0.1, -0.05) is 18.6 Å². The van der Waals surface area contributed by atoms with Crippen LogP contribution in [0.3, 0.4) is 0 Å². The standard InChI is InChI=1S/C22H31N3O2/c1-27-20-9-4-6-17-10-14-25(22(17)20)15-11-21(26)23-16-18-7-5-13-24-12-3-2-8-19(18)24/h4,6,9-10,14,18-19H,2-3,5,7-8,11-13,15-16H2,1H3,(H,23,26). The molecule has 0 saturated carbocycles. The first-order chi connectivity index (χ1) is 13.3. The molecule has 2 aliphatic heterocycles. The molecular formula is C22H31N3O2. The van der Waals surface area contributed by atoms with E-state index in [1.165, 1.54) is 45.2 Å². The number of ether oxygens (including phenoxy) is 1. The van der Waals surface area contributed by atoms with Crippen LogP contribution in [0.1, 0.15) is 38.5 Å². The molecule has 4 rings (SSSR count). The molecule has 2 unspecified atom stereocenters. The third kappa shape index (κ3) is 3.98. The molecule has 2 fully saturated rings. The number of methoxy groups -OCH3 is 1. The summed E-state index contributed by atoms with van der Waals surface area (Å²) in [6, 6.07) is 8.81. The van der Waals surface area contributed by atoms with Gasteiger partial charge in [0, 0.05) is 37.1 Å². The summed E-state index contributed by atoms with van der Waals surface area (Å²) in [5, 5.41) is 4.36. The molecule has 5 heteroatoms. The third-order valence-electron chi connectivity index (χ3n) is 6.34. The van der Waals surface area contributed by atoms with Crippen LogP contribution >= 0.6 is 0 Å². The van der Waals surface area contributed by atoms with E-state index in [0.717, 1.165) is 23.2 Å². The van der Waals surface area contributed by atoms with Crippen LogP contribution in [0.25, 0.3) is 10.9 Å². The number of hydrogen-bond donors (Lipinski definition) is 1. The van der Waals surface area contributed by atoms with Crippen LogP contribution in [-0.4, -0.2) is 48.2 Å². The lowest BCUT2D eigenvalue weighted by atomic mass is 9.83. The van der Waals surface area contributed by atoms with Gasteiger partial charge in [-0.2, -0.15) is 0 Å². The number of benzene rings is 1. The van der Waals surface area contributed by atoms with E-state index in [2.05, 4.69) is 26.9 Å². The molecule has 0 bridgehead atoms. The Bertz CT molecular complexity index is 783. The van der Waals surface area contributed by atoms with E-state index < -0.39 is 0 Å². The summed E-state index contributed by atoms with van der Waals surface area (Å²) in [6.07, 6.45) is 9.05. The summed E-state index contributed by atoms with van der Waals surface area (Å²) in [5.74, 6) is 1.63. The van der Waals surface area contributed by atoms with Crippen molar-refractivity contribution in [3.63, 3.8) is 0 Å². The molecule has 2 aromatic rings. The van der Waals surface area contributed by atoms with Crippen LogP contribution in [0.2, 0.25) is 0 Å². The van der Waals surface area contributed by atoms with Gasteiger partial charge in [-0.3, -0.25) is 4.79 Å². The predicted molar refractivity (Wildman–Crippen MR) is 108 cm³/mol. The van der Waals surface area contributed by atoms with Crippen molar-refractivity contribution < 1.29 is 9.53 Å². The monoisotopic (exact) mass is 369 g/mol. The van der Waals surface area contributed by atoms with E-state index in [-0.39, 0.29) is 5.91 Å². The fourth-order valence-corrected chi connectivity index (χ4v) is 4.95. The molecule has 1 N–H and O–H groups in total. The third-order valence-corrected chi connectivity index (χ3v) is 6.34. The Morgan fingerprint density at radius 2 is 2.07 bits per heavy atom. The van der Waals surface area contributed by atoms with E-state index in [4.69, 9.17) is 4.74 Å². The number of carbonyl (C=O) groups is 1. The number of amides is 1. The summed E-state index contributed by atoms with van der Waals surface area (Å²) in [4.78, 5) is 15.1. The molecule has 5 nitrogen and oxygen atoms in total. The fourth-order valence-electron chi connectivity index (χ4n) is 4.95. The molecule has 0 spiro atoms. The van der Waals surface area contributed by atoms with Gasteiger partial charge in [0.2, 0.25) is 5.91 Å². The Labute approximate surface area is 161 Å². The van der Waals surface area contributed by atoms with Gasteiger partial charge in [-0.15, -0.1) is 0 Å². The van der Waals surface area contributed by atoms with E-state index >= 15 is 0 Å². The normalized spacial score (nSPS) is 23.1. The first-order valence-electron chi connectivity index (χ1n) is 10.4. The lowest BCUT2D eigenvalue weighted by Gasteiger charge is -2.44. The number of aryl methyl sites for hydroxylation is 1. The van der Waals surface area contributed by atoms with Crippen molar-refractivity contribution in [1.82, 2.24) is 14.8 Å². The van der Waals surface area contributed by atoms with Crippen LogP contribution in [0.15, 0.2) is 30.5 Å². The van der Waals surface area contributed by atoms with Crippen molar-refractivity contribution in [1.29, 1.82) is 0 Å². The maximum absolute atomic E-state index is 12.5. The average Bonchev–Trinajstić information content (AvgIpc) is 3.14. The van der Waals surface area contributed by atoms with Gasteiger partial charge in [0.1, 0.15) is 5.75 Å². The van der Waals surface area contributed by atoms with Crippen LogP contribution < -0.4 is 10.1 Å². The second-order valence-corrected chi connectivity index (χ2v) is 7.96. The van der Waals surface area contributed by atoms with Crippen molar-refractivity contribution >= 4 is 16.8 Å². The molecule has 0 radical (unpaired) electrons. The van der Waals surface area contributed by atoms with Crippen molar-refractivity contribution in [3.8, 4) is 5.75 Å². The van der Waals surface area contributed by atoms with Gasteiger partial charge >= 0.3 is 0 Å². The number of fused-ring (bicyclic) bond motifs is 2. The van der Waals surface area contributed by atoms with Gasteiger partial charge in [0.05, 0.1) is 12.6 Å². The number of hydrogen-bond acceptors (Lipinski definition) is 3. The number of aromatic nitrogens is 1. The van der Waals surface area contributed by atoms with Gasteiger partial charge < -0.3 is 19.5 Å². The summed E-state index contributed by atoms with van der Waals surface area (Å²) < 4.78 is 7.61. The van der Waals surface area contributed by atoms with Crippen LogP contribution in [0, 0.1) is 5.92 Å². The SMILES string of the molecule is COc1cccc2ccn(CCC(=O)NCC3CCCN4CCCCC34)c12. The quantitative estimate of drug-likeness (QED) is 0.849. The summed E-state index contributed by atoms with van der Waals surface area (Å²) >= 11 is 0. The second kappa shape index (κ2) is 8.34. The van der Waals surface area contributed by atoms with Crippen molar-refractivity contribution in [2.45, 2.75) is 51.1 Å². The zero-order chi connectivity index (χ0) is 18.6. The van der Waals surface area contributed by atoms with E-state index in [1.807, 2.05) is 18.3 Å². The fraction of sp³-hybridized carbons (Fsp3) is 0.591. The molecule has 2 atom stereocenters. The maximum Gasteiger partial charge on any atom is 0.221 e. The second-order valence-electron chi connectivity index (χ2n) is 7.96. The molecule has 0 aliphatic carbocycles. The van der Waals surface area contributed by atoms with Crippen molar-refractivity contribution in [2.75, 3.05) is 26.7 Å². The predicted octanol–water partition coefficient (Wildman–Crippen LogP) is 3.42. The lowest BCUT2D eigenvalue weighted by Crippen LogP contribution is -2.51. The number of nitrogens with one attached hydrogen (secondary N) is 1. The Kier molecular flexibility index (Phi) is 5.67. The molecule has 1 aromatic heterocycles. The minimum atomic E-state index is 0.152. The molecule has 3 heterocycles. The van der Waals surface area contributed by atoms with Gasteiger partial charge in [0.25, 0.3) is 0 Å². The molecular weight excluding hydrogens is 338 g/mol.